The van der Waals surface area contributed by atoms with Crippen molar-refractivity contribution in [3.8, 4) is 11.5 Å². The van der Waals surface area contributed by atoms with Crippen molar-refractivity contribution in [2.24, 2.45) is 0 Å². The first-order chi connectivity index (χ1) is 12.1. The number of hydrogen-bond acceptors (Lipinski definition) is 5. The van der Waals surface area contributed by atoms with E-state index in [2.05, 4.69) is 15.3 Å². The minimum Gasteiger partial charge on any atom is -0.507 e. The third-order valence-corrected chi connectivity index (χ3v) is 3.48. The molecule has 0 radical (unpaired) electrons. The van der Waals surface area contributed by atoms with Gasteiger partial charge in [0.1, 0.15) is 18.1 Å². The number of aryl methyl sites for hydroxylation is 1. The molecule has 25 heavy (non-hydrogen) atoms. The molecule has 1 amide bonds. The van der Waals surface area contributed by atoms with Crippen molar-refractivity contribution in [1.82, 2.24) is 9.97 Å². The van der Waals surface area contributed by atoms with Crippen LogP contribution in [0.15, 0.2) is 60.9 Å². The molecular weight excluding hydrogens is 318 g/mol. The highest BCUT2D eigenvalue weighted by Crippen LogP contribution is 2.24. The molecule has 0 aliphatic carbocycles. The normalized spacial score (nSPS) is 10.3. The molecule has 0 saturated heterocycles. The molecule has 0 bridgehead atoms. The zero-order valence-corrected chi connectivity index (χ0v) is 13.6. The van der Waals surface area contributed by atoms with Gasteiger partial charge in [-0.25, -0.2) is 4.98 Å². The van der Waals surface area contributed by atoms with E-state index in [1.807, 2.05) is 30.3 Å². The Balaban J connectivity index is 1.72. The molecule has 3 rings (SSSR count). The lowest BCUT2D eigenvalue weighted by Gasteiger charge is -2.10. The van der Waals surface area contributed by atoms with Crippen LogP contribution < -0.4 is 10.1 Å². The monoisotopic (exact) mass is 335 g/mol. The summed E-state index contributed by atoms with van der Waals surface area (Å²) in [6.07, 6.45) is 3.01. The lowest BCUT2D eigenvalue weighted by Crippen LogP contribution is -2.13. The van der Waals surface area contributed by atoms with Crippen LogP contribution in [0.2, 0.25) is 0 Å². The molecule has 0 atom stereocenters. The van der Waals surface area contributed by atoms with Gasteiger partial charge in [-0.2, -0.15) is 0 Å². The summed E-state index contributed by atoms with van der Waals surface area (Å²) in [7, 11) is 0. The van der Waals surface area contributed by atoms with Gasteiger partial charge in [-0.3, -0.25) is 9.78 Å². The minimum atomic E-state index is -0.485. The number of ether oxygens (including phenoxy) is 1. The van der Waals surface area contributed by atoms with Crippen molar-refractivity contribution < 1.29 is 14.6 Å². The molecule has 2 N–H and O–H groups in total. The summed E-state index contributed by atoms with van der Waals surface area (Å²) in [5, 5.41) is 12.6. The predicted molar refractivity (Wildman–Crippen MR) is 93.6 cm³/mol. The lowest BCUT2D eigenvalue weighted by molar-refractivity contribution is 0.102. The summed E-state index contributed by atoms with van der Waals surface area (Å²) in [6, 6.07) is 14.2. The molecular formula is C19H17N3O3. The number of carbonyl (C=O) groups excluding carboxylic acids is 1. The third-order valence-electron chi connectivity index (χ3n) is 3.48. The van der Waals surface area contributed by atoms with E-state index in [4.69, 9.17) is 4.74 Å². The summed E-state index contributed by atoms with van der Waals surface area (Å²) < 4.78 is 5.68. The van der Waals surface area contributed by atoms with E-state index in [1.54, 1.807) is 19.2 Å². The largest absolute Gasteiger partial charge is 0.507 e. The van der Waals surface area contributed by atoms with Crippen LogP contribution in [-0.2, 0) is 6.61 Å². The van der Waals surface area contributed by atoms with Crippen molar-refractivity contribution in [3.63, 3.8) is 0 Å². The van der Waals surface area contributed by atoms with Crippen LogP contribution >= 0.6 is 0 Å². The molecule has 6 heteroatoms. The molecule has 0 saturated carbocycles. The summed E-state index contributed by atoms with van der Waals surface area (Å²) in [5.41, 5.74) is 1.86. The van der Waals surface area contributed by atoms with Gasteiger partial charge in [0.05, 0.1) is 23.7 Å². The highest BCUT2D eigenvalue weighted by Gasteiger charge is 2.13. The molecule has 1 heterocycles. The van der Waals surface area contributed by atoms with E-state index < -0.39 is 5.91 Å². The number of phenols is 1. The van der Waals surface area contributed by atoms with Crippen LogP contribution in [0.25, 0.3) is 0 Å². The average Bonchev–Trinajstić information content (AvgIpc) is 2.64. The second-order valence-corrected chi connectivity index (χ2v) is 5.45. The lowest BCUT2D eigenvalue weighted by atomic mass is 10.1. The SMILES string of the molecule is Cc1cnc(NC(=O)c2cc(OCc3ccccc3)ccc2O)cn1. The summed E-state index contributed by atoms with van der Waals surface area (Å²) in [5.74, 6) is 0.179. The van der Waals surface area contributed by atoms with Crippen molar-refractivity contribution in [2.45, 2.75) is 13.5 Å². The predicted octanol–water partition coefficient (Wildman–Crippen LogP) is 3.32. The summed E-state index contributed by atoms with van der Waals surface area (Å²) in [6.45, 7) is 2.17. The van der Waals surface area contributed by atoms with Gasteiger partial charge in [-0.05, 0) is 30.7 Å². The second kappa shape index (κ2) is 7.44. The second-order valence-electron chi connectivity index (χ2n) is 5.45. The third kappa shape index (κ3) is 4.32. The fourth-order valence-electron chi connectivity index (χ4n) is 2.17. The van der Waals surface area contributed by atoms with Gasteiger partial charge in [-0.1, -0.05) is 30.3 Å². The first-order valence-corrected chi connectivity index (χ1v) is 7.71. The Morgan fingerprint density at radius 2 is 1.92 bits per heavy atom. The van der Waals surface area contributed by atoms with Crippen LogP contribution in [0.3, 0.4) is 0 Å². The highest BCUT2D eigenvalue weighted by molar-refractivity contribution is 6.05. The van der Waals surface area contributed by atoms with Gasteiger partial charge < -0.3 is 15.2 Å². The average molecular weight is 335 g/mol. The molecule has 0 fully saturated rings. The van der Waals surface area contributed by atoms with Crippen LogP contribution in [0.4, 0.5) is 5.82 Å². The molecule has 0 aliphatic rings. The maximum absolute atomic E-state index is 12.4. The number of anilines is 1. The highest BCUT2D eigenvalue weighted by atomic mass is 16.5. The fraction of sp³-hybridized carbons (Fsp3) is 0.105. The molecule has 0 aliphatic heterocycles. The number of nitrogens with one attached hydrogen (secondary N) is 1. The van der Waals surface area contributed by atoms with E-state index >= 15 is 0 Å². The van der Waals surface area contributed by atoms with E-state index in [9.17, 15) is 9.90 Å². The Hall–Kier alpha value is -3.41. The smallest absolute Gasteiger partial charge is 0.260 e. The van der Waals surface area contributed by atoms with Crippen LogP contribution in [-0.4, -0.2) is 21.0 Å². The van der Waals surface area contributed by atoms with Crippen LogP contribution in [0, 0.1) is 6.92 Å². The summed E-state index contributed by atoms with van der Waals surface area (Å²) in [4.78, 5) is 20.5. The van der Waals surface area contributed by atoms with Gasteiger partial charge in [0, 0.05) is 0 Å². The Bertz CT molecular complexity index is 865. The topological polar surface area (TPSA) is 84.3 Å². The van der Waals surface area contributed by atoms with Crippen molar-refractivity contribution >= 4 is 11.7 Å². The van der Waals surface area contributed by atoms with Gasteiger partial charge in [-0.15, -0.1) is 0 Å². The quantitative estimate of drug-likeness (QED) is 0.747. The number of aromatic hydroxyl groups is 1. The number of aromatic nitrogens is 2. The number of phenolic OH excluding ortho intramolecular Hbond substituents is 1. The molecule has 0 spiro atoms. The number of rotatable bonds is 5. The van der Waals surface area contributed by atoms with Gasteiger partial charge in [0.2, 0.25) is 0 Å². The van der Waals surface area contributed by atoms with E-state index in [1.165, 1.54) is 18.3 Å². The van der Waals surface area contributed by atoms with Crippen molar-refractivity contribution in [1.29, 1.82) is 0 Å². The summed E-state index contributed by atoms with van der Waals surface area (Å²) >= 11 is 0. The Morgan fingerprint density at radius 3 is 2.64 bits per heavy atom. The first kappa shape index (κ1) is 16.4. The van der Waals surface area contributed by atoms with Crippen LogP contribution in [0.5, 0.6) is 11.5 Å². The zero-order valence-electron chi connectivity index (χ0n) is 13.6. The number of hydrogen-bond donors (Lipinski definition) is 2. The fourth-order valence-corrected chi connectivity index (χ4v) is 2.17. The van der Waals surface area contributed by atoms with Crippen LogP contribution in [0.1, 0.15) is 21.6 Å². The number of nitrogens with zero attached hydrogens (tertiary/aromatic N) is 2. The van der Waals surface area contributed by atoms with E-state index in [0.717, 1.165) is 11.3 Å². The van der Waals surface area contributed by atoms with E-state index in [0.29, 0.717) is 18.2 Å². The standard InChI is InChI=1S/C19H17N3O3/c1-13-10-21-18(11-20-13)22-19(24)16-9-15(7-8-17(16)23)25-12-14-5-3-2-4-6-14/h2-11,23H,12H2,1H3,(H,21,22,24). The molecule has 126 valence electrons. The van der Waals surface area contributed by atoms with Gasteiger partial charge in [0.25, 0.3) is 5.91 Å². The Kier molecular flexibility index (Phi) is 4.89. The molecule has 3 aromatic rings. The van der Waals surface area contributed by atoms with Crippen molar-refractivity contribution in [2.75, 3.05) is 5.32 Å². The Labute approximate surface area is 145 Å². The number of benzene rings is 2. The Morgan fingerprint density at radius 1 is 1.12 bits per heavy atom. The maximum Gasteiger partial charge on any atom is 0.260 e. The molecule has 6 nitrogen and oxygen atoms in total. The zero-order chi connectivity index (χ0) is 17.6. The number of carbonyl (C=O) groups is 1. The van der Waals surface area contributed by atoms with Gasteiger partial charge >= 0.3 is 0 Å². The minimum absolute atomic E-state index is 0.105. The molecule has 1 aromatic heterocycles. The van der Waals surface area contributed by atoms with E-state index in [-0.39, 0.29) is 11.3 Å². The molecule has 2 aromatic carbocycles. The first-order valence-electron chi connectivity index (χ1n) is 7.71. The van der Waals surface area contributed by atoms with Crippen molar-refractivity contribution in [3.05, 3.63) is 77.7 Å². The molecule has 0 unspecified atom stereocenters. The van der Waals surface area contributed by atoms with Gasteiger partial charge in [0.15, 0.2) is 5.82 Å². The number of amides is 1. The maximum atomic E-state index is 12.4.